The van der Waals surface area contributed by atoms with Gasteiger partial charge in [-0.15, -0.1) is 0 Å². The molecule has 0 amide bonds. The van der Waals surface area contributed by atoms with Crippen LogP contribution >= 0.6 is 0 Å². The minimum absolute atomic E-state index is 0.0137. The van der Waals surface area contributed by atoms with E-state index in [0.717, 1.165) is 51.3 Å². The van der Waals surface area contributed by atoms with E-state index in [4.69, 9.17) is 13.9 Å². The van der Waals surface area contributed by atoms with E-state index in [2.05, 4.69) is 15.2 Å². The smallest absolute Gasteiger partial charge is 0.213 e. The first kappa shape index (κ1) is 17.5. The normalized spacial score (nSPS) is 25.2. The Morgan fingerprint density at radius 2 is 2.08 bits per heavy atom. The van der Waals surface area contributed by atoms with Gasteiger partial charge < -0.3 is 19.2 Å². The topological polar surface area (TPSA) is 59.8 Å². The molecule has 4 rings (SSSR count). The van der Waals surface area contributed by atoms with Crippen LogP contribution in [0.4, 0.5) is 0 Å². The Labute approximate surface area is 154 Å². The number of rotatable bonds is 6. The molecule has 2 saturated heterocycles. The van der Waals surface area contributed by atoms with Crippen molar-refractivity contribution in [3.8, 4) is 5.88 Å². The van der Waals surface area contributed by atoms with Crippen LogP contribution in [0, 0.1) is 0 Å². The van der Waals surface area contributed by atoms with Gasteiger partial charge in [0, 0.05) is 44.0 Å². The molecule has 0 radical (unpaired) electrons. The number of pyridine rings is 1. The van der Waals surface area contributed by atoms with Gasteiger partial charge in [-0.1, -0.05) is 6.07 Å². The van der Waals surface area contributed by atoms with Crippen LogP contribution in [0.1, 0.15) is 25.0 Å². The molecule has 0 bridgehead atoms. The molecule has 0 spiro atoms. The molecule has 140 valence electrons. The molecule has 0 aromatic carbocycles. The second-order valence-electron chi connectivity index (χ2n) is 7.09. The third-order valence-corrected chi connectivity index (χ3v) is 5.21. The largest absolute Gasteiger partial charge is 0.470 e. The highest BCUT2D eigenvalue weighted by atomic mass is 16.5. The lowest BCUT2D eigenvalue weighted by molar-refractivity contribution is -0.0214. The van der Waals surface area contributed by atoms with Gasteiger partial charge >= 0.3 is 0 Å². The van der Waals surface area contributed by atoms with Crippen molar-refractivity contribution >= 4 is 0 Å². The average Bonchev–Trinajstić information content (AvgIpc) is 3.19. The molecule has 4 heterocycles. The molecule has 2 aliphatic heterocycles. The highest BCUT2D eigenvalue weighted by molar-refractivity contribution is 5.10. The van der Waals surface area contributed by atoms with Crippen LogP contribution in [-0.4, -0.2) is 54.4 Å². The Hall–Kier alpha value is -1.89. The Bertz CT molecular complexity index is 642. The molecule has 6 heteroatoms. The number of furan rings is 1. The Morgan fingerprint density at radius 3 is 2.85 bits per heavy atom. The summed E-state index contributed by atoms with van der Waals surface area (Å²) in [4.78, 5) is 6.74. The van der Waals surface area contributed by atoms with E-state index >= 15 is 0 Å². The van der Waals surface area contributed by atoms with Gasteiger partial charge in [0.15, 0.2) is 0 Å². The zero-order valence-electron chi connectivity index (χ0n) is 15.0. The summed E-state index contributed by atoms with van der Waals surface area (Å²) in [5.74, 6) is 1.72. The number of ether oxygens (including phenoxy) is 2. The van der Waals surface area contributed by atoms with E-state index < -0.39 is 0 Å². The highest BCUT2D eigenvalue weighted by Gasteiger charge is 2.31. The van der Waals surface area contributed by atoms with Crippen LogP contribution in [0.5, 0.6) is 5.88 Å². The predicted octanol–water partition coefficient (Wildman–Crippen LogP) is 2.47. The van der Waals surface area contributed by atoms with Gasteiger partial charge in [0.1, 0.15) is 11.9 Å². The van der Waals surface area contributed by atoms with Crippen molar-refractivity contribution < 1.29 is 13.9 Å². The molecule has 6 nitrogen and oxygen atoms in total. The highest BCUT2D eigenvalue weighted by Crippen LogP contribution is 2.19. The van der Waals surface area contributed by atoms with Crippen LogP contribution in [0.25, 0.3) is 0 Å². The van der Waals surface area contributed by atoms with Gasteiger partial charge in [0.05, 0.1) is 19.4 Å². The van der Waals surface area contributed by atoms with Crippen LogP contribution in [0.2, 0.25) is 0 Å². The van der Waals surface area contributed by atoms with Crippen LogP contribution in [0.15, 0.2) is 47.2 Å². The molecular weight excluding hydrogens is 330 g/mol. The maximum atomic E-state index is 6.08. The van der Waals surface area contributed by atoms with Crippen molar-refractivity contribution in [2.75, 3.05) is 26.3 Å². The van der Waals surface area contributed by atoms with Crippen LogP contribution in [-0.2, 0) is 11.3 Å². The zero-order chi connectivity index (χ0) is 17.6. The fourth-order valence-corrected chi connectivity index (χ4v) is 3.77. The summed E-state index contributed by atoms with van der Waals surface area (Å²) in [6, 6.07) is 10.6. The third kappa shape index (κ3) is 4.63. The van der Waals surface area contributed by atoms with E-state index in [9.17, 15) is 0 Å². The fraction of sp³-hybridized carbons (Fsp3) is 0.550. The summed E-state index contributed by atoms with van der Waals surface area (Å²) >= 11 is 0. The van der Waals surface area contributed by atoms with E-state index in [-0.39, 0.29) is 6.10 Å². The average molecular weight is 357 g/mol. The van der Waals surface area contributed by atoms with Gasteiger partial charge in [0.2, 0.25) is 5.88 Å². The van der Waals surface area contributed by atoms with Gasteiger partial charge in [-0.3, -0.25) is 4.90 Å². The number of piperidine rings is 1. The molecule has 1 N–H and O–H groups in total. The summed E-state index contributed by atoms with van der Waals surface area (Å²) in [6.45, 7) is 4.49. The maximum Gasteiger partial charge on any atom is 0.213 e. The Morgan fingerprint density at radius 1 is 1.15 bits per heavy atom. The molecular formula is C20H27N3O3. The van der Waals surface area contributed by atoms with Gasteiger partial charge in [0.25, 0.3) is 0 Å². The van der Waals surface area contributed by atoms with Gasteiger partial charge in [-0.2, -0.15) is 0 Å². The van der Waals surface area contributed by atoms with Gasteiger partial charge in [-0.05, 0) is 37.5 Å². The fourth-order valence-electron chi connectivity index (χ4n) is 3.77. The van der Waals surface area contributed by atoms with Crippen molar-refractivity contribution in [1.82, 2.24) is 15.2 Å². The SMILES string of the molecule is c1ccc(O[C@@H]2COCC[C@H]2NC2CCN(Cc3ccco3)CC2)nc1. The number of aromatic nitrogens is 1. The zero-order valence-corrected chi connectivity index (χ0v) is 15.0. The first-order valence-corrected chi connectivity index (χ1v) is 9.53. The van der Waals surface area contributed by atoms with Crippen molar-refractivity contribution in [1.29, 1.82) is 0 Å². The number of hydrogen-bond acceptors (Lipinski definition) is 6. The number of likely N-dealkylation sites (tertiary alicyclic amines) is 1. The molecule has 2 atom stereocenters. The quantitative estimate of drug-likeness (QED) is 0.857. The summed E-state index contributed by atoms with van der Waals surface area (Å²) in [5.41, 5.74) is 0. The monoisotopic (exact) mass is 357 g/mol. The number of nitrogens with zero attached hydrogens (tertiary/aromatic N) is 2. The van der Waals surface area contributed by atoms with E-state index in [0.29, 0.717) is 24.6 Å². The molecule has 2 aromatic heterocycles. The molecule has 2 fully saturated rings. The summed E-state index contributed by atoms with van der Waals surface area (Å²) in [5, 5.41) is 3.82. The molecule has 2 aliphatic rings. The summed E-state index contributed by atoms with van der Waals surface area (Å²) in [6.07, 6.45) is 6.79. The van der Waals surface area contributed by atoms with Crippen LogP contribution in [0.3, 0.4) is 0 Å². The molecule has 0 aliphatic carbocycles. The van der Waals surface area contributed by atoms with Crippen molar-refractivity contribution in [2.24, 2.45) is 0 Å². The second-order valence-corrected chi connectivity index (χ2v) is 7.09. The number of nitrogens with one attached hydrogen (secondary N) is 1. The number of hydrogen-bond donors (Lipinski definition) is 1. The molecule has 0 saturated carbocycles. The minimum atomic E-state index is 0.0137. The molecule has 2 aromatic rings. The van der Waals surface area contributed by atoms with Gasteiger partial charge in [-0.25, -0.2) is 4.98 Å². The molecule has 26 heavy (non-hydrogen) atoms. The summed E-state index contributed by atoms with van der Waals surface area (Å²) in [7, 11) is 0. The lowest BCUT2D eigenvalue weighted by Crippen LogP contribution is -2.54. The predicted molar refractivity (Wildman–Crippen MR) is 98.0 cm³/mol. The first-order chi connectivity index (χ1) is 12.9. The van der Waals surface area contributed by atoms with Crippen molar-refractivity contribution in [2.45, 2.75) is 44.0 Å². The standard InChI is InChI=1S/C20H27N3O3/c1-2-9-21-20(5-1)26-19-15-24-13-8-18(19)22-16-6-10-23(11-7-16)14-17-4-3-12-25-17/h1-5,9,12,16,18-19,22H,6-8,10-11,13-15H2/t18-,19-/m1/s1. The first-order valence-electron chi connectivity index (χ1n) is 9.53. The third-order valence-electron chi connectivity index (χ3n) is 5.21. The van der Waals surface area contributed by atoms with Crippen molar-refractivity contribution in [3.63, 3.8) is 0 Å². The minimum Gasteiger partial charge on any atom is -0.470 e. The molecule has 0 unspecified atom stereocenters. The Kier molecular flexibility index (Phi) is 5.84. The summed E-state index contributed by atoms with van der Waals surface area (Å²) < 4.78 is 17.2. The maximum absolute atomic E-state index is 6.08. The van der Waals surface area contributed by atoms with E-state index in [1.807, 2.05) is 30.3 Å². The Balaban J connectivity index is 1.27. The van der Waals surface area contributed by atoms with E-state index in [1.165, 1.54) is 0 Å². The van der Waals surface area contributed by atoms with E-state index in [1.54, 1.807) is 12.5 Å². The van der Waals surface area contributed by atoms with Crippen LogP contribution < -0.4 is 10.1 Å². The second kappa shape index (κ2) is 8.66. The lowest BCUT2D eigenvalue weighted by Gasteiger charge is -2.38. The lowest BCUT2D eigenvalue weighted by atomic mass is 9.99. The van der Waals surface area contributed by atoms with Crippen molar-refractivity contribution in [3.05, 3.63) is 48.6 Å².